The van der Waals surface area contributed by atoms with E-state index in [0.717, 1.165) is 6.29 Å². The van der Waals surface area contributed by atoms with Gasteiger partial charge >= 0.3 is 5.97 Å². The Hall–Kier alpha value is -1.97. The van der Waals surface area contributed by atoms with Crippen LogP contribution in [0.3, 0.4) is 0 Å². The zero-order chi connectivity index (χ0) is 22.1. The number of aldehydes is 2. The molecular formula is C23H38O4. The molecule has 0 aliphatic heterocycles. The van der Waals surface area contributed by atoms with E-state index >= 15 is 0 Å². The highest BCUT2D eigenvalue weighted by molar-refractivity contribution is 5.88. The smallest absolute Gasteiger partial charge is 0.335 e. The maximum atomic E-state index is 10.9. The van der Waals surface area contributed by atoms with Crippen molar-refractivity contribution in [3.05, 3.63) is 35.4 Å². The maximum absolute atomic E-state index is 10.9. The van der Waals surface area contributed by atoms with Gasteiger partial charge in [0, 0.05) is 11.0 Å². The second-order valence-electron chi connectivity index (χ2n) is 9.85. The third-order valence-corrected chi connectivity index (χ3v) is 4.35. The number of hydrogen-bond acceptors (Lipinski definition) is 3. The van der Waals surface area contributed by atoms with Gasteiger partial charge in [0.1, 0.15) is 12.6 Å². The van der Waals surface area contributed by atoms with E-state index in [9.17, 15) is 14.4 Å². The van der Waals surface area contributed by atoms with E-state index in [1.807, 2.05) is 6.92 Å². The van der Waals surface area contributed by atoms with Crippen LogP contribution in [0.25, 0.3) is 0 Å². The van der Waals surface area contributed by atoms with Crippen LogP contribution in [0.4, 0.5) is 0 Å². The van der Waals surface area contributed by atoms with E-state index in [4.69, 9.17) is 5.11 Å². The van der Waals surface area contributed by atoms with Crippen LogP contribution in [-0.4, -0.2) is 23.6 Å². The number of carboxylic acids is 1. The monoisotopic (exact) mass is 378 g/mol. The molecule has 0 radical (unpaired) electrons. The summed E-state index contributed by atoms with van der Waals surface area (Å²) in [5.74, 6) is -0.581. The Balaban J connectivity index is 0. The lowest BCUT2D eigenvalue weighted by Gasteiger charge is -2.40. The van der Waals surface area contributed by atoms with Gasteiger partial charge < -0.3 is 9.90 Å². The van der Waals surface area contributed by atoms with E-state index in [0.29, 0.717) is 23.2 Å². The number of carbonyl (C=O) groups is 3. The third-order valence-electron chi connectivity index (χ3n) is 4.35. The average Bonchev–Trinajstić information content (AvgIpc) is 2.51. The van der Waals surface area contributed by atoms with Crippen LogP contribution in [0.2, 0.25) is 0 Å². The summed E-state index contributed by atoms with van der Waals surface area (Å²) in [6.07, 6.45) is 1.77. The van der Waals surface area contributed by atoms with Gasteiger partial charge in [-0.25, -0.2) is 4.79 Å². The van der Waals surface area contributed by atoms with Crippen LogP contribution in [0.15, 0.2) is 24.3 Å². The standard InChI is InChI=1S/C10H20O.C8H6O3.C5H12/c1-8(2)10(6,7-11)9(3,4)5;9-5-6-1-3-7(4-2-6)8(10)11;1-5(2,3)4/h7-8H,1-6H3;1-5H,(H,10,11);1-4H3. The molecule has 27 heavy (non-hydrogen) atoms. The zero-order valence-corrected chi connectivity index (χ0v) is 18.7. The molecule has 0 aromatic heterocycles. The summed E-state index contributed by atoms with van der Waals surface area (Å²) in [5, 5.41) is 8.46. The Morgan fingerprint density at radius 1 is 0.889 bits per heavy atom. The SMILES string of the molecule is CC(C)(C)C.CC(C)C(C)(C=O)C(C)(C)C.O=Cc1ccc(C(=O)O)cc1. The summed E-state index contributed by atoms with van der Waals surface area (Å²) in [4.78, 5) is 31.4. The Morgan fingerprint density at radius 2 is 1.26 bits per heavy atom. The van der Waals surface area contributed by atoms with Gasteiger partial charge in [-0.2, -0.15) is 0 Å². The molecule has 1 aromatic carbocycles. The highest BCUT2D eigenvalue weighted by atomic mass is 16.4. The van der Waals surface area contributed by atoms with Crippen LogP contribution in [0, 0.1) is 22.2 Å². The van der Waals surface area contributed by atoms with Crippen molar-refractivity contribution in [1.29, 1.82) is 0 Å². The van der Waals surface area contributed by atoms with Crippen molar-refractivity contribution in [1.82, 2.24) is 0 Å². The number of carbonyl (C=O) groups excluding carboxylic acids is 2. The molecule has 0 aliphatic carbocycles. The molecule has 1 unspecified atom stereocenters. The van der Waals surface area contributed by atoms with Crippen molar-refractivity contribution < 1.29 is 19.5 Å². The Labute approximate surface area is 165 Å². The van der Waals surface area contributed by atoms with Gasteiger partial charge in [-0.15, -0.1) is 0 Å². The highest BCUT2D eigenvalue weighted by Crippen LogP contribution is 2.42. The molecule has 0 fully saturated rings. The average molecular weight is 379 g/mol. The van der Waals surface area contributed by atoms with Gasteiger partial charge in [0.05, 0.1) is 5.56 Å². The van der Waals surface area contributed by atoms with Crippen molar-refractivity contribution in [2.75, 3.05) is 0 Å². The summed E-state index contributed by atoms with van der Waals surface area (Å²) in [6.45, 7) is 21.3. The fourth-order valence-corrected chi connectivity index (χ4v) is 1.88. The van der Waals surface area contributed by atoms with Crippen molar-refractivity contribution in [2.24, 2.45) is 22.2 Å². The molecule has 0 amide bonds. The van der Waals surface area contributed by atoms with Gasteiger partial charge in [-0.05, 0) is 28.9 Å². The normalized spacial score (nSPS) is 13.3. The summed E-state index contributed by atoms with van der Waals surface area (Å²) in [6, 6.07) is 5.73. The van der Waals surface area contributed by atoms with Crippen molar-refractivity contribution in [2.45, 2.75) is 69.2 Å². The molecule has 0 saturated heterocycles. The predicted molar refractivity (Wildman–Crippen MR) is 112 cm³/mol. The van der Waals surface area contributed by atoms with E-state index in [2.05, 4.69) is 62.3 Å². The highest BCUT2D eigenvalue weighted by Gasteiger charge is 2.39. The molecule has 154 valence electrons. The summed E-state index contributed by atoms with van der Waals surface area (Å²) in [5.41, 5.74) is 1.03. The topological polar surface area (TPSA) is 71.4 Å². The Bertz CT molecular complexity index is 580. The van der Waals surface area contributed by atoms with E-state index in [-0.39, 0.29) is 16.4 Å². The van der Waals surface area contributed by atoms with Gasteiger partial charge in [0.25, 0.3) is 0 Å². The van der Waals surface area contributed by atoms with Crippen molar-refractivity contribution in [3.63, 3.8) is 0 Å². The zero-order valence-electron chi connectivity index (χ0n) is 18.7. The van der Waals surface area contributed by atoms with Gasteiger partial charge in [-0.1, -0.05) is 81.4 Å². The van der Waals surface area contributed by atoms with Crippen LogP contribution in [0.1, 0.15) is 90.0 Å². The molecule has 1 rings (SSSR count). The van der Waals surface area contributed by atoms with Gasteiger partial charge in [-0.3, -0.25) is 4.79 Å². The minimum atomic E-state index is -0.984. The van der Waals surface area contributed by atoms with E-state index in [1.165, 1.54) is 24.3 Å². The van der Waals surface area contributed by atoms with Crippen LogP contribution >= 0.6 is 0 Å². The summed E-state index contributed by atoms with van der Waals surface area (Å²) in [7, 11) is 0. The quantitative estimate of drug-likeness (QED) is 0.638. The number of carboxylic acid groups (broad SMARTS) is 1. The molecule has 1 aromatic rings. The lowest BCUT2D eigenvalue weighted by Crippen LogP contribution is -2.38. The van der Waals surface area contributed by atoms with E-state index < -0.39 is 5.97 Å². The largest absolute Gasteiger partial charge is 0.478 e. The first-order valence-corrected chi connectivity index (χ1v) is 9.24. The number of hydrogen-bond donors (Lipinski definition) is 1. The van der Waals surface area contributed by atoms with Gasteiger partial charge in [0.2, 0.25) is 0 Å². The second kappa shape index (κ2) is 11.0. The third kappa shape index (κ3) is 11.4. The molecule has 0 heterocycles. The number of benzene rings is 1. The van der Waals surface area contributed by atoms with Crippen LogP contribution in [-0.2, 0) is 4.79 Å². The van der Waals surface area contributed by atoms with Crippen molar-refractivity contribution in [3.8, 4) is 0 Å². The molecule has 0 aliphatic rings. The Kier molecular flexibility index (Phi) is 11.1. The minimum Gasteiger partial charge on any atom is -0.478 e. The molecular weight excluding hydrogens is 340 g/mol. The molecule has 1 N–H and O–H groups in total. The number of rotatable bonds is 4. The summed E-state index contributed by atoms with van der Waals surface area (Å²) < 4.78 is 0. The summed E-state index contributed by atoms with van der Waals surface area (Å²) >= 11 is 0. The predicted octanol–water partition coefficient (Wildman–Crippen LogP) is 6.14. The van der Waals surface area contributed by atoms with E-state index in [1.54, 1.807) is 0 Å². The first kappa shape index (κ1) is 27.3. The van der Waals surface area contributed by atoms with Crippen LogP contribution in [0.5, 0.6) is 0 Å². The van der Waals surface area contributed by atoms with Crippen LogP contribution < -0.4 is 0 Å². The molecule has 4 heteroatoms. The van der Waals surface area contributed by atoms with Crippen molar-refractivity contribution >= 4 is 18.5 Å². The fraction of sp³-hybridized carbons (Fsp3) is 0.609. The first-order chi connectivity index (χ1) is 12.0. The lowest BCUT2D eigenvalue weighted by molar-refractivity contribution is -0.124. The first-order valence-electron chi connectivity index (χ1n) is 9.24. The second-order valence-corrected chi connectivity index (χ2v) is 9.85. The maximum Gasteiger partial charge on any atom is 0.335 e. The van der Waals surface area contributed by atoms with Gasteiger partial charge in [0.15, 0.2) is 0 Å². The number of aromatic carboxylic acids is 1. The molecule has 0 saturated carbocycles. The molecule has 4 nitrogen and oxygen atoms in total. The lowest BCUT2D eigenvalue weighted by atomic mass is 9.63. The minimum absolute atomic E-state index is 0.0584. The molecule has 0 bridgehead atoms. The fourth-order valence-electron chi connectivity index (χ4n) is 1.88. The molecule has 1 atom stereocenters. The molecule has 0 spiro atoms. The Morgan fingerprint density at radius 3 is 1.41 bits per heavy atom.